The molecule has 2 aliphatic rings. The Morgan fingerprint density at radius 1 is 1.21 bits per heavy atom. The maximum Gasteiger partial charge on any atom is 0.317 e. The van der Waals surface area contributed by atoms with Gasteiger partial charge < -0.3 is 15.1 Å². The Balaban J connectivity index is 1.54. The van der Waals surface area contributed by atoms with Crippen molar-refractivity contribution >= 4 is 40.8 Å². The van der Waals surface area contributed by atoms with Crippen LogP contribution in [0.1, 0.15) is 25.8 Å². The molecule has 2 aromatic rings. The van der Waals surface area contributed by atoms with Gasteiger partial charge >= 0.3 is 6.03 Å². The van der Waals surface area contributed by atoms with Gasteiger partial charge in [0.2, 0.25) is 0 Å². The highest BCUT2D eigenvalue weighted by molar-refractivity contribution is 8.18. The number of carbonyl (C=O) groups excluding carboxylic acids is 3. The van der Waals surface area contributed by atoms with Crippen molar-refractivity contribution in [3.63, 3.8) is 0 Å². The molecule has 2 aliphatic heterocycles. The van der Waals surface area contributed by atoms with E-state index in [2.05, 4.69) is 20.6 Å². The van der Waals surface area contributed by atoms with E-state index in [1.807, 2.05) is 18.7 Å². The van der Waals surface area contributed by atoms with Crippen LogP contribution in [0.25, 0.3) is 17.3 Å². The van der Waals surface area contributed by atoms with E-state index in [1.165, 1.54) is 24.4 Å². The molecule has 1 aromatic heterocycles. The third kappa shape index (κ3) is 5.53. The lowest BCUT2D eigenvalue weighted by atomic mass is 10.1. The normalized spacial score (nSPS) is 17.8. The highest BCUT2D eigenvalue weighted by atomic mass is 32.2. The van der Waals surface area contributed by atoms with E-state index < -0.39 is 17.0 Å². The van der Waals surface area contributed by atoms with Gasteiger partial charge in [-0.1, -0.05) is 6.07 Å². The molecule has 0 radical (unpaired) electrons. The summed E-state index contributed by atoms with van der Waals surface area (Å²) in [6, 6.07) is 4.39. The minimum absolute atomic E-state index is 0.0674. The summed E-state index contributed by atoms with van der Waals surface area (Å²) in [4.78, 5) is 48.5. The summed E-state index contributed by atoms with van der Waals surface area (Å²) in [6.07, 6.45) is 5.42. The molecule has 2 saturated heterocycles. The molecule has 34 heavy (non-hydrogen) atoms. The van der Waals surface area contributed by atoms with E-state index in [0.29, 0.717) is 43.3 Å². The number of aromatic nitrogens is 2. The molecule has 1 aromatic carbocycles. The third-order valence-electron chi connectivity index (χ3n) is 5.35. The monoisotopic (exact) mass is 484 g/mol. The van der Waals surface area contributed by atoms with Crippen LogP contribution in [0.3, 0.4) is 0 Å². The van der Waals surface area contributed by atoms with Crippen molar-refractivity contribution in [1.82, 2.24) is 25.5 Å². The Hall–Kier alpha value is -3.47. The smallest absolute Gasteiger partial charge is 0.317 e. The second-order valence-electron chi connectivity index (χ2n) is 8.29. The molecule has 0 spiro atoms. The molecule has 2 N–H and O–H groups in total. The summed E-state index contributed by atoms with van der Waals surface area (Å²) in [5.41, 5.74) is 1.16. The van der Waals surface area contributed by atoms with Gasteiger partial charge in [-0.15, -0.1) is 0 Å². The molecule has 3 heterocycles. The first kappa shape index (κ1) is 23.7. The average molecular weight is 485 g/mol. The number of nitrogens with one attached hydrogen (secondary N) is 2. The summed E-state index contributed by atoms with van der Waals surface area (Å²) in [5.74, 6) is -0.344. The summed E-state index contributed by atoms with van der Waals surface area (Å²) in [5, 5.41) is 4.68. The molecular weight excluding hydrogens is 459 g/mol. The van der Waals surface area contributed by atoms with Gasteiger partial charge in [0.15, 0.2) is 0 Å². The zero-order valence-electron chi connectivity index (χ0n) is 18.9. The van der Waals surface area contributed by atoms with Crippen molar-refractivity contribution in [1.29, 1.82) is 0 Å². The number of benzene rings is 1. The summed E-state index contributed by atoms with van der Waals surface area (Å²) in [7, 11) is 0. The number of thioether (sulfide) groups is 1. The van der Waals surface area contributed by atoms with Gasteiger partial charge in [0, 0.05) is 37.8 Å². The van der Waals surface area contributed by atoms with Crippen LogP contribution in [-0.2, 0) is 4.79 Å². The number of halogens is 1. The number of amides is 4. The van der Waals surface area contributed by atoms with Crippen molar-refractivity contribution in [2.45, 2.75) is 26.3 Å². The topological polar surface area (TPSA) is 108 Å². The average Bonchev–Trinajstić information content (AvgIpc) is 2.98. The van der Waals surface area contributed by atoms with Crippen LogP contribution in [0.5, 0.6) is 0 Å². The Morgan fingerprint density at radius 2 is 2.03 bits per heavy atom. The van der Waals surface area contributed by atoms with E-state index in [4.69, 9.17) is 0 Å². The second kappa shape index (κ2) is 10.2. The fourth-order valence-electron chi connectivity index (χ4n) is 3.73. The number of nitrogens with zero attached hydrogens (tertiary/aromatic N) is 4. The largest absolute Gasteiger partial charge is 0.353 e. The highest BCUT2D eigenvalue weighted by Gasteiger charge is 2.25. The van der Waals surface area contributed by atoms with E-state index >= 15 is 0 Å². The molecule has 0 aliphatic carbocycles. The zero-order chi connectivity index (χ0) is 24.2. The molecule has 9 nitrogen and oxygen atoms in total. The van der Waals surface area contributed by atoms with Crippen molar-refractivity contribution in [2.75, 3.05) is 31.1 Å². The molecule has 0 bridgehead atoms. The number of hydrogen-bond donors (Lipinski definition) is 2. The first-order valence-corrected chi connectivity index (χ1v) is 11.8. The van der Waals surface area contributed by atoms with Crippen LogP contribution < -0.4 is 15.5 Å². The van der Waals surface area contributed by atoms with E-state index in [0.717, 1.165) is 18.2 Å². The van der Waals surface area contributed by atoms with E-state index in [-0.39, 0.29) is 22.5 Å². The lowest BCUT2D eigenvalue weighted by Gasteiger charge is -2.24. The molecule has 4 rings (SSSR count). The summed E-state index contributed by atoms with van der Waals surface area (Å²) in [6.45, 7) is 6.31. The van der Waals surface area contributed by atoms with Crippen molar-refractivity contribution in [2.24, 2.45) is 0 Å². The van der Waals surface area contributed by atoms with Crippen molar-refractivity contribution in [3.05, 3.63) is 46.9 Å². The molecule has 0 atom stereocenters. The van der Waals surface area contributed by atoms with Gasteiger partial charge in [0.25, 0.3) is 11.1 Å². The van der Waals surface area contributed by atoms with Crippen LogP contribution >= 0.6 is 11.8 Å². The fourth-order valence-corrected chi connectivity index (χ4v) is 4.41. The SMILES string of the molecule is CC(C)NC(=O)N1CCCN(c2cncc(-c3cc(C=C4SC(=O)NC4=O)ccc3F)n2)CC1. The van der Waals surface area contributed by atoms with Gasteiger partial charge in [0.05, 0.1) is 23.0 Å². The van der Waals surface area contributed by atoms with Crippen LogP contribution in [0, 0.1) is 5.82 Å². The number of rotatable bonds is 4. The molecule has 0 saturated carbocycles. The minimum Gasteiger partial charge on any atom is -0.353 e. The quantitative estimate of drug-likeness (QED) is 0.642. The molecule has 11 heteroatoms. The Labute approximate surface area is 200 Å². The van der Waals surface area contributed by atoms with Gasteiger partial charge in [-0.25, -0.2) is 14.2 Å². The van der Waals surface area contributed by atoms with Gasteiger partial charge in [-0.2, -0.15) is 0 Å². The van der Waals surface area contributed by atoms with Gasteiger partial charge in [-0.05, 0) is 55.8 Å². The molecule has 2 fully saturated rings. The number of imide groups is 1. The Kier molecular flexibility index (Phi) is 7.11. The van der Waals surface area contributed by atoms with Crippen LogP contribution in [0.2, 0.25) is 0 Å². The van der Waals surface area contributed by atoms with E-state index in [1.54, 1.807) is 17.2 Å². The van der Waals surface area contributed by atoms with Gasteiger partial charge in [-0.3, -0.25) is 19.9 Å². The number of hydrogen-bond acceptors (Lipinski definition) is 7. The number of carbonyl (C=O) groups is 3. The standard InChI is InChI=1S/C23H25FN6O3S/c1-14(2)26-22(32)30-7-3-6-29(8-9-30)20-13-25-12-18(27-20)16-10-15(4-5-17(16)24)11-19-21(31)28-23(33)34-19/h4-5,10-14H,3,6-9H2,1-2H3,(H,26,32)(H,28,31,33). The molecule has 4 amide bonds. The number of anilines is 1. The minimum atomic E-state index is -0.472. The van der Waals surface area contributed by atoms with Crippen LogP contribution in [0.15, 0.2) is 35.5 Å². The molecular formula is C23H25FN6O3S. The molecule has 178 valence electrons. The van der Waals surface area contributed by atoms with Crippen LogP contribution in [0.4, 0.5) is 19.8 Å². The third-order valence-corrected chi connectivity index (χ3v) is 6.16. The predicted octanol–water partition coefficient (Wildman–Crippen LogP) is 3.24. The lowest BCUT2D eigenvalue weighted by Crippen LogP contribution is -2.44. The maximum atomic E-state index is 14.7. The maximum absolute atomic E-state index is 14.7. The molecule has 0 unspecified atom stereocenters. The van der Waals surface area contributed by atoms with Crippen molar-refractivity contribution in [3.8, 4) is 11.3 Å². The first-order chi connectivity index (χ1) is 16.3. The highest BCUT2D eigenvalue weighted by Crippen LogP contribution is 2.29. The summed E-state index contributed by atoms with van der Waals surface area (Å²) >= 11 is 0.803. The number of urea groups is 1. The Morgan fingerprint density at radius 3 is 2.76 bits per heavy atom. The van der Waals surface area contributed by atoms with Gasteiger partial charge in [0.1, 0.15) is 11.6 Å². The fraction of sp³-hybridized carbons (Fsp3) is 0.348. The van der Waals surface area contributed by atoms with Crippen LogP contribution in [-0.4, -0.2) is 64.3 Å². The predicted molar refractivity (Wildman–Crippen MR) is 129 cm³/mol. The Bertz CT molecular complexity index is 1160. The van der Waals surface area contributed by atoms with E-state index in [9.17, 15) is 18.8 Å². The second-order valence-corrected chi connectivity index (χ2v) is 9.30. The van der Waals surface area contributed by atoms with Crippen molar-refractivity contribution < 1.29 is 18.8 Å². The summed E-state index contributed by atoms with van der Waals surface area (Å²) < 4.78 is 14.7. The zero-order valence-corrected chi connectivity index (χ0v) is 19.7. The first-order valence-electron chi connectivity index (χ1n) is 11.0. The lowest BCUT2D eigenvalue weighted by molar-refractivity contribution is -0.115.